The van der Waals surface area contributed by atoms with Crippen LogP contribution in [0.1, 0.15) is 49.7 Å². The largest absolute Gasteiger partial charge is 0.497 e. The fourth-order valence-corrected chi connectivity index (χ4v) is 5.54. The van der Waals surface area contributed by atoms with Gasteiger partial charge < -0.3 is 19.5 Å². The number of para-hydroxylation sites is 1. The van der Waals surface area contributed by atoms with Crippen molar-refractivity contribution in [3.8, 4) is 11.5 Å². The van der Waals surface area contributed by atoms with Crippen molar-refractivity contribution in [2.24, 2.45) is 0 Å². The normalized spacial score (nSPS) is 19.5. The summed E-state index contributed by atoms with van der Waals surface area (Å²) in [6.45, 7) is 4.28. The zero-order chi connectivity index (χ0) is 25.7. The highest BCUT2D eigenvalue weighted by Gasteiger charge is 2.42. The van der Waals surface area contributed by atoms with Crippen LogP contribution < -0.4 is 14.8 Å². The Hall–Kier alpha value is -3.19. The molecular formula is C29H33NO5S. The van der Waals surface area contributed by atoms with Crippen molar-refractivity contribution in [1.29, 1.82) is 0 Å². The number of methoxy groups -OCH3 is 2. The Bertz CT molecular complexity index is 1180. The van der Waals surface area contributed by atoms with Crippen LogP contribution in [0.5, 0.6) is 11.5 Å². The van der Waals surface area contributed by atoms with Crippen molar-refractivity contribution in [3.05, 3.63) is 82.2 Å². The van der Waals surface area contributed by atoms with E-state index >= 15 is 0 Å². The molecule has 0 bridgehead atoms. The number of benzene rings is 2. The topological polar surface area (TPSA) is 73.9 Å². The standard InChI is InChI=1S/C29H33NO5S/c1-5-36-15-14-35-29(32)26-18(2)30-23-16-20(19-10-12-21(33-3)13-11-19)17-24(31)28(23)27(26)22-8-6-7-9-25(22)34-4/h6-13,20,27,30H,5,14-17H2,1-4H3/t20-,27-/m1/s1. The number of ether oxygens (including phenoxy) is 3. The summed E-state index contributed by atoms with van der Waals surface area (Å²) in [6, 6.07) is 15.5. The van der Waals surface area contributed by atoms with Gasteiger partial charge in [-0.25, -0.2) is 4.79 Å². The van der Waals surface area contributed by atoms with Gasteiger partial charge in [-0.1, -0.05) is 37.3 Å². The van der Waals surface area contributed by atoms with E-state index in [1.165, 1.54) is 0 Å². The molecule has 0 amide bonds. The van der Waals surface area contributed by atoms with Gasteiger partial charge in [0.05, 0.1) is 25.7 Å². The number of dihydropyridines is 1. The predicted molar refractivity (Wildman–Crippen MR) is 143 cm³/mol. The number of thioether (sulfide) groups is 1. The van der Waals surface area contributed by atoms with Crippen LogP contribution >= 0.6 is 11.8 Å². The van der Waals surface area contributed by atoms with Gasteiger partial charge in [-0.2, -0.15) is 11.8 Å². The number of carbonyl (C=O) groups is 2. The lowest BCUT2D eigenvalue weighted by molar-refractivity contribution is -0.138. The second kappa shape index (κ2) is 11.7. The lowest BCUT2D eigenvalue weighted by Crippen LogP contribution is -2.36. The number of esters is 1. The van der Waals surface area contributed by atoms with E-state index in [9.17, 15) is 9.59 Å². The molecule has 2 aromatic rings. The van der Waals surface area contributed by atoms with E-state index in [4.69, 9.17) is 14.2 Å². The Kier molecular flexibility index (Phi) is 8.41. The summed E-state index contributed by atoms with van der Waals surface area (Å²) in [4.78, 5) is 27.1. The monoisotopic (exact) mass is 507 g/mol. The molecule has 0 saturated heterocycles. The minimum Gasteiger partial charge on any atom is -0.497 e. The number of allylic oxidation sites excluding steroid dienone is 3. The van der Waals surface area contributed by atoms with Crippen LogP contribution in [0.25, 0.3) is 0 Å². The average Bonchev–Trinajstić information content (AvgIpc) is 2.90. The van der Waals surface area contributed by atoms with Gasteiger partial charge in [0.25, 0.3) is 0 Å². The van der Waals surface area contributed by atoms with Gasteiger partial charge in [0, 0.05) is 34.7 Å². The number of Topliss-reactive ketones (excluding diaryl/α,β-unsaturated/α-hetero) is 1. The number of rotatable bonds is 9. The lowest BCUT2D eigenvalue weighted by Gasteiger charge is -2.37. The van der Waals surface area contributed by atoms with E-state index < -0.39 is 11.9 Å². The molecule has 1 N–H and O–H groups in total. The highest BCUT2D eigenvalue weighted by molar-refractivity contribution is 7.99. The SMILES string of the molecule is CCSCCOC(=O)C1=C(C)NC2=C(C(=O)C[C@H](c3ccc(OC)cc3)C2)[C@@H]1c1ccccc1OC. The Morgan fingerprint density at radius 3 is 2.50 bits per heavy atom. The Morgan fingerprint density at radius 2 is 1.81 bits per heavy atom. The molecule has 4 rings (SSSR count). The first-order valence-corrected chi connectivity index (χ1v) is 13.4. The molecule has 1 aliphatic carbocycles. The summed E-state index contributed by atoms with van der Waals surface area (Å²) in [7, 11) is 3.24. The highest BCUT2D eigenvalue weighted by atomic mass is 32.2. The predicted octanol–water partition coefficient (Wildman–Crippen LogP) is 5.36. The van der Waals surface area contributed by atoms with E-state index in [2.05, 4.69) is 12.2 Å². The number of ketones is 1. The average molecular weight is 508 g/mol. The molecule has 6 nitrogen and oxygen atoms in total. The Balaban J connectivity index is 1.73. The molecule has 0 radical (unpaired) electrons. The van der Waals surface area contributed by atoms with Crippen LogP contribution in [0.2, 0.25) is 0 Å². The van der Waals surface area contributed by atoms with E-state index in [1.54, 1.807) is 26.0 Å². The smallest absolute Gasteiger partial charge is 0.336 e. The second-order valence-electron chi connectivity index (χ2n) is 8.87. The summed E-state index contributed by atoms with van der Waals surface area (Å²) in [6.07, 6.45) is 1.04. The fraction of sp³-hybridized carbons (Fsp3) is 0.379. The van der Waals surface area contributed by atoms with Gasteiger partial charge in [-0.3, -0.25) is 4.79 Å². The third-order valence-electron chi connectivity index (χ3n) is 6.75. The summed E-state index contributed by atoms with van der Waals surface area (Å²) in [5.74, 6) is 2.24. The lowest BCUT2D eigenvalue weighted by atomic mass is 9.71. The van der Waals surface area contributed by atoms with Crippen molar-refractivity contribution in [1.82, 2.24) is 5.32 Å². The third kappa shape index (κ3) is 5.31. The molecule has 36 heavy (non-hydrogen) atoms. The van der Waals surface area contributed by atoms with E-state index in [0.29, 0.717) is 42.0 Å². The van der Waals surface area contributed by atoms with Crippen molar-refractivity contribution < 1.29 is 23.8 Å². The molecule has 2 atom stereocenters. The molecule has 0 fully saturated rings. The Labute approximate surface area is 217 Å². The number of nitrogens with one attached hydrogen (secondary N) is 1. The molecule has 190 valence electrons. The summed E-state index contributed by atoms with van der Waals surface area (Å²) < 4.78 is 16.6. The fourth-order valence-electron chi connectivity index (χ4n) is 5.05. The van der Waals surface area contributed by atoms with Gasteiger partial charge in [0.1, 0.15) is 18.1 Å². The zero-order valence-corrected chi connectivity index (χ0v) is 22.1. The first kappa shape index (κ1) is 25.9. The molecule has 1 heterocycles. The highest BCUT2D eigenvalue weighted by Crippen LogP contribution is 2.47. The molecule has 2 aromatic carbocycles. The van der Waals surface area contributed by atoms with Gasteiger partial charge >= 0.3 is 5.97 Å². The number of carbonyl (C=O) groups excluding carboxylic acids is 2. The number of hydrogen-bond acceptors (Lipinski definition) is 7. The maximum atomic E-state index is 13.8. The molecule has 0 spiro atoms. The van der Waals surface area contributed by atoms with Crippen molar-refractivity contribution in [2.45, 2.75) is 38.5 Å². The minimum atomic E-state index is -0.548. The molecule has 7 heteroatoms. The summed E-state index contributed by atoms with van der Waals surface area (Å²) in [5, 5.41) is 3.41. The number of hydrogen-bond donors (Lipinski definition) is 1. The first-order valence-electron chi connectivity index (χ1n) is 12.2. The van der Waals surface area contributed by atoms with Crippen LogP contribution in [-0.4, -0.2) is 44.1 Å². The van der Waals surface area contributed by atoms with Crippen LogP contribution in [0.3, 0.4) is 0 Å². The molecule has 0 unspecified atom stereocenters. The van der Waals surface area contributed by atoms with Crippen molar-refractivity contribution >= 4 is 23.5 Å². The zero-order valence-electron chi connectivity index (χ0n) is 21.3. The summed E-state index contributed by atoms with van der Waals surface area (Å²) in [5.41, 5.74) is 4.55. The van der Waals surface area contributed by atoms with Crippen molar-refractivity contribution in [3.63, 3.8) is 0 Å². The van der Waals surface area contributed by atoms with Gasteiger partial charge in [0.15, 0.2) is 5.78 Å². The molecule has 1 aliphatic heterocycles. The van der Waals surface area contributed by atoms with Crippen LogP contribution in [0.15, 0.2) is 71.1 Å². The summed E-state index contributed by atoms with van der Waals surface area (Å²) >= 11 is 1.72. The maximum Gasteiger partial charge on any atom is 0.336 e. The van der Waals surface area contributed by atoms with E-state index in [-0.39, 0.29) is 11.7 Å². The second-order valence-corrected chi connectivity index (χ2v) is 10.3. The van der Waals surface area contributed by atoms with E-state index in [0.717, 1.165) is 34.1 Å². The third-order valence-corrected chi connectivity index (χ3v) is 7.61. The van der Waals surface area contributed by atoms with Gasteiger partial charge in [0.2, 0.25) is 0 Å². The molecule has 2 aliphatic rings. The quantitative estimate of drug-likeness (QED) is 0.362. The van der Waals surface area contributed by atoms with Crippen LogP contribution in [0, 0.1) is 0 Å². The Morgan fingerprint density at radius 1 is 1.06 bits per heavy atom. The van der Waals surface area contributed by atoms with Gasteiger partial charge in [-0.15, -0.1) is 0 Å². The molecular weight excluding hydrogens is 474 g/mol. The first-order chi connectivity index (χ1) is 17.5. The maximum absolute atomic E-state index is 13.8. The van der Waals surface area contributed by atoms with Crippen molar-refractivity contribution in [2.75, 3.05) is 32.3 Å². The van der Waals surface area contributed by atoms with Crippen LogP contribution in [0.4, 0.5) is 0 Å². The minimum absolute atomic E-state index is 0.0276. The van der Waals surface area contributed by atoms with Gasteiger partial charge in [-0.05, 0) is 48.8 Å². The molecule has 0 aromatic heterocycles. The molecule has 0 saturated carbocycles. The van der Waals surface area contributed by atoms with Crippen LogP contribution in [-0.2, 0) is 14.3 Å². The van der Waals surface area contributed by atoms with E-state index in [1.807, 2.05) is 55.5 Å².